The zero-order valence-electron chi connectivity index (χ0n) is 11.6. The summed E-state index contributed by atoms with van der Waals surface area (Å²) < 4.78 is 30.1. The van der Waals surface area contributed by atoms with Crippen LogP contribution < -0.4 is 0 Å². The van der Waals surface area contributed by atoms with Gasteiger partial charge in [0.05, 0.1) is 13.2 Å². The summed E-state index contributed by atoms with van der Waals surface area (Å²) in [6.07, 6.45) is 0. The molecule has 6 nitrogen and oxygen atoms in total. The minimum absolute atomic E-state index is 0.136. The van der Waals surface area contributed by atoms with Crippen molar-refractivity contribution in [2.45, 2.75) is 38.3 Å². The summed E-state index contributed by atoms with van der Waals surface area (Å²) in [5.74, 6) is 0.485. The summed E-state index contributed by atoms with van der Waals surface area (Å²) in [6.45, 7) is 4.87. The molecule has 0 bridgehead atoms. The molecule has 0 unspecified atom stereocenters. The predicted molar refractivity (Wildman–Crippen MR) is 77.4 cm³/mol. The van der Waals surface area contributed by atoms with Gasteiger partial charge in [-0.2, -0.15) is 0 Å². The van der Waals surface area contributed by atoms with Crippen LogP contribution in [0.25, 0.3) is 11.4 Å². The van der Waals surface area contributed by atoms with Crippen molar-refractivity contribution in [3.63, 3.8) is 0 Å². The molecule has 0 fully saturated rings. The third-order valence-electron chi connectivity index (χ3n) is 3.38. The van der Waals surface area contributed by atoms with Crippen molar-refractivity contribution < 1.29 is 13.2 Å². The summed E-state index contributed by atoms with van der Waals surface area (Å²) >= 11 is 0. The molecule has 112 valence electrons. The number of benzene rings is 1. The number of rotatable bonds is 3. The van der Waals surface area contributed by atoms with E-state index in [0.29, 0.717) is 19.0 Å². The monoisotopic (exact) mass is 327 g/mol. The van der Waals surface area contributed by atoms with E-state index in [0.717, 1.165) is 16.7 Å². The van der Waals surface area contributed by atoms with Crippen molar-refractivity contribution in [2.24, 2.45) is 0 Å². The Hall–Kier alpha value is -1.44. The molecule has 2 aromatic rings. The van der Waals surface area contributed by atoms with Crippen LogP contribution in [0, 0.1) is 0 Å². The van der Waals surface area contributed by atoms with E-state index in [1.54, 1.807) is 0 Å². The molecule has 0 amide bonds. The maximum absolute atomic E-state index is 11.6. The number of aromatic nitrogens is 3. The van der Waals surface area contributed by atoms with Gasteiger partial charge in [0.25, 0.3) is 14.2 Å². The van der Waals surface area contributed by atoms with E-state index in [-0.39, 0.29) is 11.2 Å². The number of halogens is 1. The fourth-order valence-corrected chi connectivity index (χ4v) is 3.40. The van der Waals surface area contributed by atoms with Crippen molar-refractivity contribution in [3.05, 3.63) is 29.3 Å². The van der Waals surface area contributed by atoms with Crippen molar-refractivity contribution in [2.75, 3.05) is 0 Å². The largest absolute Gasteiger partial charge is 0.372 e. The quantitative estimate of drug-likeness (QED) is 0.810. The molecule has 2 heterocycles. The number of fused-ring (bicyclic) bond motifs is 1. The van der Waals surface area contributed by atoms with Crippen molar-refractivity contribution in [1.29, 1.82) is 0 Å². The topological polar surface area (TPSA) is 74.1 Å². The number of hydrogen-bond acceptors (Lipinski definition) is 5. The highest BCUT2D eigenvalue weighted by molar-refractivity contribution is 8.13. The maximum atomic E-state index is 11.6. The van der Waals surface area contributed by atoms with Crippen molar-refractivity contribution in [1.82, 2.24) is 14.8 Å². The molecule has 0 N–H and O–H groups in total. The average molecular weight is 328 g/mol. The maximum Gasteiger partial charge on any atom is 0.296 e. The Morgan fingerprint density at radius 1 is 1.24 bits per heavy atom. The first kappa shape index (κ1) is 14.5. The lowest BCUT2D eigenvalue weighted by molar-refractivity contribution is 0.134. The smallest absolute Gasteiger partial charge is 0.296 e. The fourth-order valence-electron chi connectivity index (χ4n) is 2.42. The minimum atomic E-state index is -3.94. The molecule has 0 saturated heterocycles. The van der Waals surface area contributed by atoms with E-state index in [4.69, 9.17) is 15.4 Å². The van der Waals surface area contributed by atoms with Crippen LogP contribution in [0.15, 0.2) is 23.4 Å². The third kappa shape index (κ3) is 2.56. The summed E-state index contributed by atoms with van der Waals surface area (Å²) in [5.41, 5.74) is 3.02. The Morgan fingerprint density at radius 3 is 2.62 bits per heavy atom. The Morgan fingerprint density at radius 2 is 1.95 bits per heavy atom. The Labute approximate surface area is 127 Å². The van der Waals surface area contributed by atoms with E-state index in [9.17, 15) is 8.42 Å². The van der Waals surface area contributed by atoms with Gasteiger partial charge < -0.3 is 4.74 Å². The second-order valence-electron chi connectivity index (χ2n) is 5.18. The SMILES string of the molecule is CC(C)n1c(-c2ccc3c(c2)COC3)nnc1S(=O)(=O)Cl. The molecule has 3 rings (SSSR count). The number of hydrogen-bond donors (Lipinski definition) is 0. The fraction of sp³-hybridized carbons (Fsp3) is 0.385. The first-order valence-corrected chi connectivity index (χ1v) is 8.78. The van der Waals surface area contributed by atoms with Crippen LogP contribution in [0.1, 0.15) is 31.0 Å². The lowest BCUT2D eigenvalue weighted by atomic mass is 10.1. The van der Waals surface area contributed by atoms with Crippen LogP contribution in [-0.2, 0) is 27.0 Å². The first-order valence-electron chi connectivity index (χ1n) is 6.47. The van der Waals surface area contributed by atoms with Gasteiger partial charge in [0.2, 0.25) is 0 Å². The summed E-state index contributed by atoms with van der Waals surface area (Å²) in [4.78, 5) is 0. The molecule has 1 aliphatic rings. The third-order valence-corrected chi connectivity index (χ3v) is 4.51. The van der Waals surface area contributed by atoms with E-state index in [2.05, 4.69) is 10.2 Å². The number of ether oxygens (including phenoxy) is 1. The van der Waals surface area contributed by atoms with Gasteiger partial charge in [0.1, 0.15) is 0 Å². The molecule has 0 atom stereocenters. The lowest BCUT2D eigenvalue weighted by Gasteiger charge is -2.13. The molecule has 21 heavy (non-hydrogen) atoms. The molecule has 0 spiro atoms. The minimum Gasteiger partial charge on any atom is -0.372 e. The van der Waals surface area contributed by atoms with Gasteiger partial charge in [-0.3, -0.25) is 4.57 Å². The van der Waals surface area contributed by atoms with Gasteiger partial charge in [-0.1, -0.05) is 12.1 Å². The van der Waals surface area contributed by atoms with E-state index < -0.39 is 9.05 Å². The molecular weight excluding hydrogens is 314 g/mol. The molecule has 8 heteroatoms. The molecule has 0 aliphatic carbocycles. The van der Waals surface area contributed by atoms with Gasteiger partial charge >= 0.3 is 0 Å². The Bertz CT molecular complexity index is 799. The highest BCUT2D eigenvalue weighted by Crippen LogP contribution is 2.29. The van der Waals surface area contributed by atoms with Crippen molar-refractivity contribution >= 4 is 19.7 Å². The van der Waals surface area contributed by atoms with Crippen LogP contribution in [0.4, 0.5) is 0 Å². The zero-order chi connectivity index (χ0) is 15.2. The lowest BCUT2D eigenvalue weighted by Crippen LogP contribution is -2.10. The molecule has 1 aromatic heterocycles. The molecular formula is C13H14ClN3O3S. The summed E-state index contributed by atoms with van der Waals surface area (Å²) in [7, 11) is 1.49. The van der Waals surface area contributed by atoms with Gasteiger partial charge in [-0.25, -0.2) is 8.42 Å². The Kier molecular flexibility index (Phi) is 3.51. The first-order chi connectivity index (χ1) is 9.88. The summed E-state index contributed by atoms with van der Waals surface area (Å²) in [5, 5.41) is 7.52. The Balaban J connectivity index is 2.17. The predicted octanol–water partition coefficient (Wildman–Crippen LogP) is 2.48. The van der Waals surface area contributed by atoms with Crippen LogP contribution >= 0.6 is 10.7 Å². The van der Waals surface area contributed by atoms with Gasteiger partial charge in [-0.05, 0) is 31.0 Å². The average Bonchev–Trinajstić information content (AvgIpc) is 3.03. The van der Waals surface area contributed by atoms with Crippen LogP contribution in [-0.4, -0.2) is 23.2 Å². The second-order valence-corrected chi connectivity index (χ2v) is 7.64. The number of nitrogens with zero attached hydrogens (tertiary/aromatic N) is 3. The van der Waals surface area contributed by atoms with Gasteiger partial charge in [-0.15, -0.1) is 10.2 Å². The molecule has 1 aromatic carbocycles. The van der Waals surface area contributed by atoms with Gasteiger partial charge in [0, 0.05) is 22.3 Å². The van der Waals surface area contributed by atoms with Crippen LogP contribution in [0.5, 0.6) is 0 Å². The molecule has 0 radical (unpaired) electrons. The van der Waals surface area contributed by atoms with E-state index in [1.165, 1.54) is 4.57 Å². The molecule has 1 aliphatic heterocycles. The van der Waals surface area contributed by atoms with Crippen molar-refractivity contribution in [3.8, 4) is 11.4 Å². The normalized spacial score (nSPS) is 14.7. The standard InChI is InChI=1S/C13H14ClN3O3S/c1-8(2)17-12(15-16-13(17)21(14,18)19)9-3-4-10-6-20-7-11(10)5-9/h3-5,8H,6-7H2,1-2H3. The zero-order valence-corrected chi connectivity index (χ0v) is 13.1. The van der Waals surface area contributed by atoms with Crippen LogP contribution in [0.3, 0.4) is 0 Å². The van der Waals surface area contributed by atoms with Crippen LogP contribution in [0.2, 0.25) is 0 Å². The molecule has 0 saturated carbocycles. The van der Waals surface area contributed by atoms with E-state index in [1.807, 2.05) is 32.0 Å². The highest BCUT2D eigenvalue weighted by Gasteiger charge is 2.25. The van der Waals surface area contributed by atoms with Gasteiger partial charge in [0.15, 0.2) is 5.82 Å². The summed E-state index contributed by atoms with van der Waals surface area (Å²) in [6, 6.07) is 5.67. The second kappa shape index (κ2) is 5.08. The highest BCUT2D eigenvalue weighted by atomic mass is 35.7. The van der Waals surface area contributed by atoms with E-state index >= 15 is 0 Å².